The van der Waals surface area contributed by atoms with Crippen LogP contribution in [0.1, 0.15) is 18.4 Å². The molecule has 0 radical (unpaired) electrons. The maximum atomic E-state index is 13.1. The SMILES string of the molecule is OCCN(Cc1ccc(F)c(Cl)c1)CC1CCCN1. The fourth-order valence-electron chi connectivity index (χ4n) is 2.50. The van der Waals surface area contributed by atoms with Gasteiger partial charge in [-0.25, -0.2) is 4.39 Å². The number of hydrogen-bond acceptors (Lipinski definition) is 3. The molecular formula is C14H20ClFN2O. The number of benzene rings is 1. The molecule has 1 heterocycles. The van der Waals surface area contributed by atoms with Crippen LogP contribution in [0, 0.1) is 5.82 Å². The summed E-state index contributed by atoms with van der Waals surface area (Å²) in [6.45, 7) is 3.39. The third kappa shape index (κ3) is 4.42. The van der Waals surface area contributed by atoms with Crippen molar-refractivity contribution >= 4 is 11.6 Å². The van der Waals surface area contributed by atoms with E-state index in [4.69, 9.17) is 16.7 Å². The summed E-state index contributed by atoms with van der Waals surface area (Å²) < 4.78 is 13.1. The molecule has 1 aliphatic heterocycles. The van der Waals surface area contributed by atoms with Crippen molar-refractivity contribution < 1.29 is 9.50 Å². The van der Waals surface area contributed by atoms with Crippen LogP contribution in [0.15, 0.2) is 18.2 Å². The quantitative estimate of drug-likeness (QED) is 0.840. The zero-order valence-electron chi connectivity index (χ0n) is 10.9. The van der Waals surface area contributed by atoms with E-state index in [9.17, 15) is 4.39 Å². The first kappa shape index (κ1) is 14.7. The minimum atomic E-state index is -0.392. The molecule has 1 atom stereocenters. The van der Waals surface area contributed by atoms with Gasteiger partial charge in [-0.3, -0.25) is 4.90 Å². The maximum absolute atomic E-state index is 13.1. The van der Waals surface area contributed by atoms with Crippen LogP contribution in [-0.4, -0.2) is 42.3 Å². The Hall–Kier alpha value is -0.680. The topological polar surface area (TPSA) is 35.5 Å². The molecule has 0 saturated carbocycles. The Labute approximate surface area is 118 Å². The van der Waals surface area contributed by atoms with Gasteiger partial charge in [0.15, 0.2) is 0 Å². The third-order valence-electron chi connectivity index (χ3n) is 3.45. The number of halogens is 2. The molecule has 1 aromatic rings. The summed E-state index contributed by atoms with van der Waals surface area (Å²) >= 11 is 5.79. The van der Waals surface area contributed by atoms with Crippen molar-refractivity contribution in [3.05, 3.63) is 34.6 Å². The van der Waals surface area contributed by atoms with Crippen molar-refractivity contribution in [2.45, 2.75) is 25.4 Å². The van der Waals surface area contributed by atoms with Crippen LogP contribution < -0.4 is 5.32 Å². The van der Waals surface area contributed by atoms with Gasteiger partial charge in [-0.05, 0) is 37.1 Å². The molecule has 1 fully saturated rings. The fraction of sp³-hybridized carbons (Fsp3) is 0.571. The number of nitrogens with zero attached hydrogens (tertiary/aromatic N) is 1. The zero-order valence-corrected chi connectivity index (χ0v) is 11.7. The molecule has 0 aromatic heterocycles. The number of hydrogen-bond donors (Lipinski definition) is 2. The van der Waals surface area contributed by atoms with Crippen LogP contribution in [0.2, 0.25) is 5.02 Å². The van der Waals surface area contributed by atoms with Crippen LogP contribution in [0.4, 0.5) is 4.39 Å². The Morgan fingerprint density at radius 3 is 2.95 bits per heavy atom. The summed E-state index contributed by atoms with van der Waals surface area (Å²) in [5.74, 6) is -0.392. The Morgan fingerprint density at radius 1 is 1.47 bits per heavy atom. The van der Waals surface area contributed by atoms with Crippen molar-refractivity contribution in [1.82, 2.24) is 10.2 Å². The van der Waals surface area contributed by atoms with E-state index in [0.717, 1.165) is 18.7 Å². The molecule has 3 nitrogen and oxygen atoms in total. The van der Waals surface area contributed by atoms with E-state index < -0.39 is 5.82 Å². The molecule has 0 amide bonds. The van der Waals surface area contributed by atoms with Crippen molar-refractivity contribution in [1.29, 1.82) is 0 Å². The van der Waals surface area contributed by atoms with Crippen LogP contribution in [0.25, 0.3) is 0 Å². The average Bonchev–Trinajstić information content (AvgIpc) is 2.87. The second-order valence-electron chi connectivity index (χ2n) is 5.00. The summed E-state index contributed by atoms with van der Waals surface area (Å²) in [6.07, 6.45) is 2.38. The van der Waals surface area contributed by atoms with E-state index in [1.54, 1.807) is 12.1 Å². The highest BCUT2D eigenvalue weighted by molar-refractivity contribution is 6.30. The van der Waals surface area contributed by atoms with Crippen LogP contribution >= 0.6 is 11.6 Å². The van der Waals surface area contributed by atoms with E-state index in [0.29, 0.717) is 19.1 Å². The Kier molecular flexibility index (Phi) is 5.58. The monoisotopic (exact) mass is 286 g/mol. The smallest absolute Gasteiger partial charge is 0.141 e. The maximum Gasteiger partial charge on any atom is 0.141 e. The van der Waals surface area contributed by atoms with E-state index in [1.165, 1.54) is 18.9 Å². The Morgan fingerprint density at radius 2 is 2.32 bits per heavy atom. The lowest BCUT2D eigenvalue weighted by atomic mass is 10.1. The van der Waals surface area contributed by atoms with Crippen molar-refractivity contribution in [3.8, 4) is 0 Å². The first-order chi connectivity index (χ1) is 9.19. The first-order valence-corrected chi connectivity index (χ1v) is 7.07. The van der Waals surface area contributed by atoms with Crippen LogP contribution in [-0.2, 0) is 6.54 Å². The standard InChI is InChI=1S/C14H20ClFN2O/c15-13-8-11(3-4-14(13)16)9-18(6-7-19)10-12-2-1-5-17-12/h3-4,8,12,17,19H,1-2,5-7,9-10H2. The molecule has 1 aliphatic rings. The number of aliphatic hydroxyl groups excluding tert-OH is 1. The predicted octanol–water partition coefficient (Wildman–Crippen LogP) is 2.03. The van der Waals surface area contributed by atoms with Crippen LogP contribution in [0.3, 0.4) is 0 Å². The van der Waals surface area contributed by atoms with Gasteiger partial charge in [-0.15, -0.1) is 0 Å². The number of nitrogens with one attached hydrogen (secondary N) is 1. The average molecular weight is 287 g/mol. The summed E-state index contributed by atoms with van der Waals surface area (Å²) in [6, 6.07) is 5.28. The lowest BCUT2D eigenvalue weighted by Crippen LogP contribution is -2.38. The lowest BCUT2D eigenvalue weighted by molar-refractivity contribution is 0.179. The van der Waals surface area contributed by atoms with Gasteiger partial charge < -0.3 is 10.4 Å². The second kappa shape index (κ2) is 7.20. The molecule has 0 spiro atoms. The number of rotatable bonds is 6. The molecule has 5 heteroatoms. The minimum absolute atomic E-state index is 0.127. The van der Waals surface area contributed by atoms with Gasteiger partial charge >= 0.3 is 0 Å². The normalized spacial score (nSPS) is 19.3. The molecule has 0 bridgehead atoms. The predicted molar refractivity (Wildman–Crippen MR) is 74.8 cm³/mol. The third-order valence-corrected chi connectivity index (χ3v) is 3.74. The number of aliphatic hydroxyl groups is 1. The highest BCUT2D eigenvalue weighted by Gasteiger charge is 2.18. The van der Waals surface area contributed by atoms with E-state index in [1.807, 2.05) is 0 Å². The molecule has 106 valence electrons. The van der Waals surface area contributed by atoms with Gasteiger partial charge in [0.25, 0.3) is 0 Å². The Bertz CT molecular complexity index is 410. The van der Waals surface area contributed by atoms with Gasteiger partial charge in [0.2, 0.25) is 0 Å². The lowest BCUT2D eigenvalue weighted by Gasteiger charge is -2.25. The largest absolute Gasteiger partial charge is 0.395 e. The molecule has 0 aliphatic carbocycles. The summed E-state index contributed by atoms with van der Waals surface area (Å²) in [7, 11) is 0. The fourth-order valence-corrected chi connectivity index (χ4v) is 2.70. The summed E-state index contributed by atoms with van der Waals surface area (Å²) in [4.78, 5) is 2.17. The highest BCUT2D eigenvalue weighted by atomic mass is 35.5. The molecule has 1 aromatic carbocycles. The minimum Gasteiger partial charge on any atom is -0.395 e. The van der Waals surface area contributed by atoms with E-state index in [2.05, 4.69) is 10.2 Å². The van der Waals surface area contributed by atoms with Gasteiger partial charge in [0.1, 0.15) is 5.82 Å². The van der Waals surface area contributed by atoms with Gasteiger partial charge in [0, 0.05) is 25.7 Å². The van der Waals surface area contributed by atoms with E-state index >= 15 is 0 Å². The molecule has 2 N–H and O–H groups in total. The Balaban J connectivity index is 1.96. The first-order valence-electron chi connectivity index (χ1n) is 6.69. The van der Waals surface area contributed by atoms with Gasteiger partial charge in [0.05, 0.1) is 11.6 Å². The van der Waals surface area contributed by atoms with Crippen molar-refractivity contribution in [3.63, 3.8) is 0 Å². The molecular weight excluding hydrogens is 267 g/mol. The zero-order chi connectivity index (χ0) is 13.7. The second-order valence-corrected chi connectivity index (χ2v) is 5.41. The van der Waals surface area contributed by atoms with Gasteiger partial charge in [-0.2, -0.15) is 0 Å². The highest BCUT2D eigenvalue weighted by Crippen LogP contribution is 2.18. The summed E-state index contributed by atoms with van der Waals surface area (Å²) in [5, 5.41) is 12.7. The van der Waals surface area contributed by atoms with Crippen molar-refractivity contribution in [2.75, 3.05) is 26.2 Å². The molecule has 19 heavy (non-hydrogen) atoms. The van der Waals surface area contributed by atoms with E-state index in [-0.39, 0.29) is 11.6 Å². The van der Waals surface area contributed by atoms with Crippen molar-refractivity contribution in [2.24, 2.45) is 0 Å². The summed E-state index contributed by atoms with van der Waals surface area (Å²) in [5.41, 5.74) is 0.970. The molecule has 2 rings (SSSR count). The van der Waals surface area contributed by atoms with Crippen LogP contribution in [0.5, 0.6) is 0 Å². The molecule has 1 saturated heterocycles. The van der Waals surface area contributed by atoms with Gasteiger partial charge in [-0.1, -0.05) is 17.7 Å². The molecule has 1 unspecified atom stereocenters.